The standard InChI is InChI=1S/C30H26FNO3.C24H23NO3.C6H6FN/c1-19-15-25-26(16-20(19)2)32-14-11-27(25)35-24-9-5-22(6-10-24)18-29(34)30(12-13-30)28(33)17-21-3-7-23(31)8-4-21;1-15-12-20-21(13-16(15)2)25-11-8-22(20)28-19-6-4-18(5-7-19)14-23(27)24(9-10-24)17(3)26;7-5-1-3-6(8)4-2-5/h3-11,14-16H,12-13,17-18H2,1-2H3;4-8,11-13H,9-10,14H2,1-3H3;1-4H,8H2. The first-order chi connectivity index (χ1) is 34.0. The summed E-state index contributed by atoms with van der Waals surface area (Å²) in [6.45, 7) is 9.79. The quantitative estimate of drug-likeness (QED) is 0.0833. The molecular weight excluding hydrogens is 897 g/mol. The van der Waals surface area contributed by atoms with E-state index in [9.17, 15) is 28.0 Å². The molecule has 9 nitrogen and oxygen atoms in total. The fourth-order valence-corrected chi connectivity index (χ4v) is 8.46. The number of ether oxygens (including phenoxy) is 2. The summed E-state index contributed by atoms with van der Waals surface area (Å²) in [6, 6.07) is 38.5. The Morgan fingerprint density at radius 2 is 0.831 bits per heavy atom. The number of anilines is 1. The van der Waals surface area contributed by atoms with Gasteiger partial charge in [0.05, 0.1) is 21.9 Å². The molecule has 2 fully saturated rings. The third-order valence-electron chi connectivity index (χ3n) is 13.6. The number of Topliss-reactive ketones (excluding diaryl/α,β-unsaturated/α-hetero) is 4. The number of aromatic nitrogens is 2. The number of hydrogen-bond acceptors (Lipinski definition) is 9. The van der Waals surface area contributed by atoms with Gasteiger partial charge in [-0.1, -0.05) is 36.4 Å². The molecule has 8 aromatic rings. The first-order valence-corrected chi connectivity index (χ1v) is 23.6. The Hall–Kier alpha value is -7.92. The van der Waals surface area contributed by atoms with Crippen molar-refractivity contribution in [2.45, 2.75) is 79.6 Å². The molecule has 2 aliphatic rings. The first-order valence-electron chi connectivity index (χ1n) is 23.6. The maximum Gasteiger partial charge on any atom is 0.150 e. The highest BCUT2D eigenvalue weighted by molar-refractivity contribution is 6.11. The van der Waals surface area contributed by atoms with Gasteiger partial charge < -0.3 is 15.2 Å². The minimum absolute atomic E-state index is 0.00690. The Balaban J connectivity index is 0.000000167. The van der Waals surface area contributed by atoms with Crippen LogP contribution < -0.4 is 15.2 Å². The average Bonchev–Trinajstić information content (AvgIpc) is 4.30. The molecule has 0 aliphatic heterocycles. The topological polar surface area (TPSA) is 139 Å². The SMILES string of the molecule is CC(=O)C1(C(=O)Cc2ccc(Oc3ccnc4cc(C)c(C)cc34)cc2)CC1.Cc1cc2nccc(Oc3ccc(CC(=O)C4(C(=O)Cc5ccc(F)cc5)CC4)cc3)c2cc1C.Nc1ccc(F)cc1. The highest BCUT2D eigenvalue weighted by Gasteiger charge is 2.55. The molecule has 10 rings (SSSR count). The number of ketones is 4. The molecule has 2 saturated carbocycles. The van der Waals surface area contributed by atoms with Gasteiger partial charge >= 0.3 is 0 Å². The lowest BCUT2D eigenvalue weighted by molar-refractivity contribution is -0.135. The van der Waals surface area contributed by atoms with Gasteiger partial charge in [-0.25, -0.2) is 8.78 Å². The maximum absolute atomic E-state index is 13.1. The summed E-state index contributed by atoms with van der Waals surface area (Å²) in [5, 5.41) is 1.92. The lowest BCUT2D eigenvalue weighted by atomic mass is 9.88. The van der Waals surface area contributed by atoms with E-state index < -0.39 is 10.8 Å². The Morgan fingerprint density at radius 3 is 1.18 bits per heavy atom. The highest BCUT2D eigenvalue weighted by atomic mass is 19.1. The lowest BCUT2D eigenvalue weighted by Gasteiger charge is -2.14. The Morgan fingerprint density at radius 1 is 0.493 bits per heavy atom. The van der Waals surface area contributed by atoms with E-state index in [2.05, 4.69) is 61.9 Å². The van der Waals surface area contributed by atoms with Gasteiger partial charge in [0.1, 0.15) is 40.4 Å². The van der Waals surface area contributed by atoms with E-state index in [-0.39, 0.29) is 54.0 Å². The molecule has 2 N–H and O–H groups in total. The van der Waals surface area contributed by atoms with Crippen LogP contribution in [0.15, 0.2) is 146 Å². The molecule has 0 atom stereocenters. The second-order valence-electron chi connectivity index (χ2n) is 18.7. The number of carbonyl (C=O) groups is 4. The predicted molar refractivity (Wildman–Crippen MR) is 273 cm³/mol. The summed E-state index contributed by atoms with van der Waals surface area (Å²) in [5.41, 5.74) is 13.3. The van der Waals surface area contributed by atoms with Crippen LogP contribution in [0.2, 0.25) is 0 Å². The molecule has 0 spiro atoms. The molecule has 0 radical (unpaired) electrons. The van der Waals surface area contributed by atoms with Crippen molar-refractivity contribution in [2.24, 2.45) is 10.8 Å². The minimum atomic E-state index is -0.893. The number of benzene rings is 6. The van der Waals surface area contributed by atoms with E-state index in [0.29, 0.717) is 42.9 Å². The van der Waals surface area contributed by atoms with Gasteiger partial charge in [0.15, 0.2) is 17.3 Å². The number of pyridine rings is 2. The summed E-state index contributed by atoms with van der Waals surface area (Å²) in [6.07, 6.45) is 6.67. The number of hydrogen-bond donors (Lipinski definition) is 1. The zero-order valence-electron chi connectivity index (χ0n) is 40.5. The van der Waals surface area contributed by atoms with Crippen molar-refractivity contribution in [3.05, 3.63) is 196 Å². The summed E-state index contributed by atoms with van der Waals surface area (Å²) >= 11 is 0. The van der Waals surface area contributed by atoms with Gasteiger partial charge in [0, 0.05) is 48.1 Å². The van der Waals surface area contributed by atoms with E-state index in [1.165, 1.54) is 65.6 Å². The van der Waals surface area contributed by atoms with Crippen molar-refractivity contribution in [2.75, 3.05) is 5.73 Å². The Bertz CT molecular complexity index is 3250. The second-order valence-corrected chi connectivity index (χ2v) is 18.7. The van der Waals surface area contributed by atoms with Gasteiger partial charge in [-0.15, -0.1) is 0 Å². The number of carbonyl (C=O) groups excluding carboxylic acids is 4. The highest BCUT2D eigenvalue weighted by Crippen LogP contribution is 2.49. The van der Waals surface area contributed by atoms with Crippen LogP contribution in [0.5, 0.6) is 23.0 Å². The van der Waals surface area contributed by atoms with Gasteiger partial charge in [-0.3, -0.25) is 29.1 Å². The molecular formula is C60H55F2N3O6. The number of nitrogen functional groups attached to an aromatic ring is 1. The fraction of sp³-hybridized carbons (Fsp3) is 0.233. The van der Waals surface area contributed by atoms with Gasteiger partial charge in [0.25, 0.3) is 0 Å². The zero-order valence-corrected chi connectivity index (χ0v) is 40.5. The van der Waals surface area contributed by atoms with Crippen LogP contribution in [0.25, 0.3) is 21.8 Å². The summed E-state index contributed by atoms with van der Waals surface area (Å²) in [4.78, 5) is 59.0. The lowest BCUT2D eigenvalue weighted by Crippen LogP contribution is -2.28. The molecule has 0 bridgehead atoms. The number of rotatable bonds is 14. The summed E-state index contributed by atoms with van der Waals surface area (Å²) in [7, 11) is 0. The minimum Gasteiger partial charge on any atom is -0.457 e. The molecule has 0 amide bonds. The van der Waals surface area contributed by atoms with Crippen molar-refractivity contribution in [1.82, 2.24) is 9.97 Å². The van der Waals surface area contributed by atoms with E-state index in [0.717, 1.165) is 50.0 Å². The Labute approximate surface area is 412 Å². The van der Waals surface area contributed by atoms with Crippen LogP contribution in [0.3, 0.4) is 0 Å². The third-order valence-corrected chi connectivity index (χ3v) is 13.6. The molecule has 0 unspecified atom stereocenters. The van der Waals surface area contributed by atoms with Crippen LogP contribution >= 0.6 is 0 Å². The molecule has 6 aromatic carbocycles. The van der Waals surface area contributed by atoms with Crippen LogP contribution in [0.4, 0.5) is 14.5 Å². The zero-order chi connectivity index (χ0) is 50.5. The normalized spacial score (nSPS) is 13.7. The number of halogens is 2. The van der Waals surface area contributed by atoms with Gasteiger partial charge in [-0.2, -0.15) is 0 Å². The number of nitrogens with zero attached hydrogens (tertiary/aromatic N) is 2. The van der Waals surface area contributed by atoms with Crippen molar-refractivity contribution >= 4 is 50.6 Å². The fourth-order valence-electron chi connectivity index (χ4n) is 8.46. The van der Waals surface area contributed by atoms with E-state index in [1.54, 1.807) is 24.5 Å². The van der Waals surface area contributed by atoms with Crippen molar-refractivity contribution < 1.29 is 37.4 Å². The molecule has 2 aliphatic carbocycles. The number of nitrogens with two attached hydrogens (primary N) is 1. The molecule has 0 saturated heterocycles. The number of aryl methyl sites for hydroxylation is 4. The summed E-state index contributed by atoms with van der Waals surface area (Å²) in [5.74, 6) is 2.15. The molecule has 2 aromatic heterocycles. The largest absolute Gasteiger partial charge is 0.457 e. The van der Waals surface area contributed by atoms with Gasteiger partial charge in [0.2, 0.25) is 0 Å². The smallest absolute Gasteiger partial charge is 0.150 e. The second kappa shape index (κ2) is 21.0. The monoisotopic (exact) mass is 951 g/mol. The van der Waals surface area contributed by atoms with Crippen molar-refractivity contribution in [3.8, 4) is 23.0 Å². The first kappa shape index (κ1) is 49.5. The van der Waals surface area contributed by atoms with Crippen LogP contribution in [0, 0.1) is 50.2 Å². The molecule has 2 heterocycles. The molecule has 11 heteroatoms. The van der Waals surface area contributed by atoms with E-state index >= 15 is 0 Å². The Kier molecular flexibility index (Phi) is 14.6. The van der Waals surface area contributed by atoms with Crippen LogP contribution in [-0.2, 0) is 38.4 Å². The average molecular weight is 952 g/mol. The van der Waals surface area contributed by atoms with Crippen molar-refractivity contribution in [3.63, 3.8) is 0 Å². The van der Waals surface area contributed by atoms with E-state index in [1.807, 2.05) is 60.7 Å². The summed E-state index contributed by atoms with van der Waals surface area (Å²) < 4.78 is 37.4. The third kappa shape index (κ3) is 11.8. The number of fused-ring (bicyclic) bond motifs is 2. The van der Waals surface area contributed by atoms with Crippen LogP contribution in [-0.4, -0.2) is 33.1 Å². The molecule has 360 valence electrons. The molecule has 71 heavy (non-hydrogen) atoms. The maximum atomic E-state index is 13.1. The van der Waals surface area contributed by atoms with Crippen LogP contribution in [0.1, 0.15) is 71.6 Å². The predicted octanol–water partition coefficient (Wildman–Crippen LogP) is 13.0. The van der Waals surface area contributed by atoms with E-state index in [4.69, 9.17) is 15.2 Å². The van der Waals surface area contributed by atoms with Crippen molar-refractivity contribution in [1.29, 1.82) is 0 Å². The van der Waals surface area contributed by atoms with Gasteiger partial charge in [-0.05, 0) is 196 Å².